The Hall–Kier alpha value is -2.72. The largest absolute Gasteiger partial charge is 0.401 e. The van der Waals surface area contributed by atoms with Gasteiger partial charge in [-0.15, -0.1) is 0 Å². The number of halogens is 5. The van der Waals surface area contributed by atoms with Gasteiger partial charge in [-0.1, -0.05) is 0 Å². The van der Waals surface area contributed by atoms with Crippen molar-refractivity contribution in [2.45, 2.75) is 50.5 Å². The first-order chi connectivity index (χ1) is 17.2. The molecular weight excluding hydrogens is 477 g/mol. The number of alkyl halides is 4. The molecule has 3 aromatic rings. The third-order valence-corrected chi connectivity index (χ3v) is 7.25. The first-order valence-electron chi connectivity index (χ1n) is 12.3. The van der Waals surface area contributed by atoms with Gasteiger partial charge in [0.2, 0.25) is 0 Å². The molecule has 4 heterocycles. The first kappa shape index (κ1) is 25.0. The van der Waals surface area contributed by atoms with Gasteiger partial charge in [0.15, 0.2) is 0 Å². The number of likely N-dealkylation sites (tertiary alicyclic amines) is 1. The molecule has 3 atom stereocenters. The van der Waals surface area contributed by atoms with Crippen LogP contribution in [-0.2, 0) is 6.42 Å². The molecule has 0 amide bonds. The molecule has 0 bridgehead atoms. The van der Waals surface area contributed by atoms with Gasteiger partial charge < -0.3 is 15.2 Å². The Bertz CT molecular complexity index is 1190. The lowest BCUT2D eigenvalue weighted by molar-refractivity contribution is -0.155. The molecule has 0 spiro atoms. The summed E-state index contributed by atoms with van der Waals surface area (Å²) in [6.45, 7) is 2.85. The fraction of sp³-hybridized carbons (Fsp3) is 0.500. The van der Waals surface area contributed by atoms with Crippen LogP contribution in [0.4, 0.5) is 27.6 Å². The summed E-state index contributed by atoms with van der Waals surface area (Å²) in [5.74, 6) is -0.401. The number of pyridine rings is 1. The van der Waals surface area contributed by atoms with Crippen molar-refractivity contribution in [2.75, 3.05) is 38.2 Å². The molecule has 5 rings (SSSR count). The monoisotopic (exact) mass is 507 g/mol. The Morgan fingerprint density at radius 3 is 2.75 bits per heavy atom. The van der Waals surface area contributed by atoms with Gasteiger partial charge in [-0.3, -0.25) is 14.3 Å². The van der Waals surface area contributed by atoms with Crippen molar-refractivity contribution >= 4 is 16.6 Å². The molecule has 2 N–H and O–H groups in total. The van der Waals surface area contributed by atoms with Gasteiger partial charge in [-0.2, -0.15) is 13.2 Å². The Morgan fingerprint density at radius 2 is 2.03 bits per heavy atom. The number of aromatic amines is 1. The summed E-state index contributed by atoms with van der Waals surface area (Å²) in [6, 6.07) is 7.13. The molecule has 194 valence electrons. The molecule has 2 aliphatic rings. The molecule has 0 saturated carbocycles. The van der Waals surface area contributed by atoms with Gasteiger partial charge in [0, 0.05) is 48.3 Å². The van der Waals surface area contributed by atoms with Crippen LogP contribution in [-0.4, -0.2) is 70.9 Å². The number of nitrogens with zero attached hydrogens (tertiary/aromatic N) is 3. The zero-order valence-corrected chi connectivity index (χ0v) is 20.1. The smallest absolute Gasteiger partial charge is 0.380 e. The van der Waals surface area contributed by atoms with Crippen molar-refractivity contribution in [1.82, 2.24) is 19.8 Å². The van der Waals surface area contributed by atoms with E-state index in [2.05, 4.69) is 20.2 Å². The Morgan fingerprint density at radius 1 is 1.19 bits per heavy atom. The predicted octanol–water partition coefficient (Wildman–Crippen LogP) is 5.45. The van der Waals surface area contributed by atoms with E-state index in [9.17, 15) is 22.0 Å². The molecule has 36 heavy (non-hydrogen) atoms. The summed E-state index contributed by atoms with van der Waals surface area (Å²) in [7, 11) is 0. The van der Waals surface area contributed by atoms with E-state index in [1.54, 1.807) is 25.3 Å². The number of benzene rings is 1. The second-order valence-electron chi connectivity index (χ2n) is 9.90. The fourth-order valence-electron chi connectivity index (χ4n) is 5.63. The minimum absolute atomic E-state index is 0.212. The van der Waals surface area contributed by atoms with E-state index < -0.39 is 24.6 Å². The number of hydrogen-bond donors (Lipinski definition) is 2. The Kier molecular flexibility index (Phi) is 6.91. The van der Waals surface area contributed by atoms with Gasteiger partial charge in [-0.25, -0.2) is 4.39 Å². The minimum Gasteiger partial charge on any atom is -0.380 e. The standard InChI is InChI=1S/C26H30F5N5/c1-16-11-21-20-5-3-17(28)12-23(20)34-24(21)25(36(16)15-26(29,30)31)22-6-4-18(13-32-22)33-19-7-10-35(14-19)9-2-8-27/h3-6,12-13,16,19,25,33-34H,2,7-11,14-15H2,1H3/t16-,19?,25-/m1/s1. The molecule has 1 unspecified atom stereocenters. The van der Waals surface area contributed by atoms with E-state index in [1.807, 2.05) is 6.07 Å². The SMILES string of the molecule is C[C@@H]1Cc2c([nH]c3cc(F)ccc23)[C@@H](c2ccc(NC3CCN(CCCF)C3)cn2)N1CC(F)(F)F. The van der Waals surface area contributed by atoms with E-state index in [0.29, 0.717) is 29.7 Å². The molecule has 0 aliphatic carbocycles. The fourth-order valence-corrected chi connectivity index (χ4v) is 5.63. The molecule has 1 saturated heterocycles. The number of anilines is 1. The van der Waals surface area contributed by atoms with Gasteiger partial charge >= 0.3 is 6.18 Å². The van der Waals surface area contributed by atoms with Crippen LogP contribution in [0.15, 0.2) is 36.5 Å². The summed E-state index contributed by atoms with van der Waals surface area (Å²) in [5.41, 5.74) is 3.40. The normalized spacial score (nSPS) is 23.3. The highest BCUT2D eigenvalue weighted by atomic mass is 19.4. The van der Waals surface area contributed by atoms with Crippen molar-refractivity contribution < 1.29 is 22.0 Å². The van der Waals surface area contributed by atoms with Crippen LogP contribution in [0.25, 0.3) is 10.9 Å². The van der Waals surface area contributed by atoms with Crippen molar-refractivity contribution in [3.8, 4) is 0 Å². The van der Waals surface area contributed by atoms with E-state index in [4.69, 9.17) is 0 Å². The van der Waals surface area contributed by atoms with Crippen LogP contribution in [0.1, 0.15) is 42.8 Å². The Balaban J connectivity index is 1.43. The van der Waals surface area contributed by atoms with Crippen LogP contribution in [0, 0.1) is 5.82 Å². The number of hydrogen-bond acceptors (Lipinski definition) is 4. The number of fused-ring (bicyclic) bond motifs is 3. The van der Waals surface area contributed by atoms with E-state index >= 15 is 0 Å². The summed E-state index contributed by atoms with van der Waals surface area (Å²) < 4.78 is 67.1. The number of H-pyrrole nitrogens is 1. The number of rotatable bonds is 7. The quantitative estimate of drug-likeness (QED) is 0.418. The Labute approximate surface area is 206 Å². The molecule has 2 aromatic heterocycles. The van der Waals surface area contributed by atoms with Crippen molar-refractivity contribution in [1.29, 1.82) is 0 Å². The number of nitrogens with one attached hydrogen (secondary N) is 2. The molecular formula is C26H30F5N5. The summed E-state index contributed by atoms with van der Waals surface area (Å²) in [4.78, 5) is 11.4. The van der Waals surface area contributed by atoms with Crippen LogP contribution in [0.5, 0.6) is 0 Å². The molecule has 2 aliphatic heterocycles. The van der Waals surface area contributed by atoms with E-state index in [-0.39, 0.29) is 18.8 Å². The predicted molar refractivity (Wildman–Crippen MR) is 129 cm³/mol. The maximum atomic E-state index is 13.9. The second kappa shape index (κ2) is 9.97. The highest BCUT2D eigenvalue weighted by Crippen LogP contribution is 2.41. The summed E-state index contributed by atoms with van der Waals surface area (Å²) in [6.07, 6.45) is -0.831. The topological polar surface area (TPSA) is 47.2 Å². The van der Waals surface area contributed by atoms with Crippen LogP contribution >= 0.6 is 0 Å². The molecule has 0 radical (unpaired) electrons. The van der Waals surface area contributed by atoms with Crippen molar-refractivity contribution in [3.63, 3.8) is 0 Å². The van der Waals surface area contributed by atoms with E-state index in [0.717, 1.165) is 42.7 Å². The molecule has 5 nitrogen and oxygen atoms in total. The lowest BCUT2D eigenvalue weighted by Gasteiger charge is -2.40. The van der Waals surface area contributed by atoms with Crippen LogP contribution < -0.4 is 5.32 Å². The summed E-state index contributed by atoms with van der Waals surface area (Å²) in [5, 5.41) is 4.27. The minimum atomic E-state index is -4.37. The zero-order chi connectivity index (χ0) is 25.4. The average molecular weight is 508 g/mol. The van der Waals surface area contributed by atoms with Crippen molar-refractivity contribution in [2.24, 2.45) is 0 Å². The third-order valence-electron chi connectivity index (χ3n) is 7.25. The maximum absolute atomic E-state index is 13.9. The molecule has 1 fully saturated rings. The van der Waals surface area contributed by atoms with E-state index in [1.165, 1.54) is 17.0 Å². The lowest BCUT2D eigenvalue weighted by Crippen LogP contribution is -2.47. The highest BCUT2D eigenvalue weighted by Gasteiger charge is 2.42. The zero-order valence-electron chi connectivity index (χ0n) is 20.1. The third kappa shape index (κ3) is 5.20. The van der Waals surface area contributed by atoms with Gasteiger partial charge in [0.1, 0.15) is 5.82 Å². The lowest BCUT2D eigenvalue weighted by atomic mass is 9.90. The van der Waals surface area contributed by atoms with Crippen LogP contribution in [0.3, 0.4) is 0 Å². The first-order valence-corrected chi connectivity index (χ1v) is 12.3. The van der Waals surface area contributed by atoms with Gasteiger partial charge in [0.25, 0.3) is 0 Å². The van der Waals surface area contributed by atoms with Gasteiger partial charge in [-0.05, 0) is 62.1 Å². The highest BCUT2D eigenvalue weighted by molar-refractivity contribution is 5.85. The maximum Gasteiger partial charge on any atom is 0.401 e. The molecule has 10 heteroatoms. The van der Waals surface area contributed by atoms with Gasteiger partial charge in [0.05, 0.1) is 36.8 Å². The van der Waals surface area contributed by atoms with Crippen LogP contribution in [0.2, 0.25) is 0 Å². The molecule has 1 aromatic carbocycles. The summed E-state index contributed by atoms with van der Waals surface area (Å²) >= 11 is 0. The average Bonchev–Trinajstić information content (AvgIpc) is 3.41. The number of aromatic nitrogens is 2. The second-order valence-corrected chi connectivity index (χ2v) is 9.90. The van der Waals surface area contributed by atoms with Crippen molar-refractivity contribution in [3.05, 3.63) is 59.3 Å².